The fraction of sp³-hybridized carbons (Fsp3) is 0.529. The van der Waals surface area contributed by atoms with Gasteiger partial charge in [0.15, 0.2) is 0 Å². The number of halogens is 1. The molecule has 1 aromatic rings. The van der Waals surface area contributed by atoms with E-state index in [9.17, 15) is 9.59 Å². The van der Waals surface area contributed by atoms with Gasteiger partial charge in [-0.1, -0.05) is 12.1 Å². The fourth-order valence-electron chi connectivity index (χ4n) is 2.43. The van der Waals surface area contributed by atoms with Gasteiger partial charge >= 0.3 is 0 Å². The molecule has 0 heterocycles. The van der Waals surface area contributed by atoms with E-state index in [0.717, 1.165) is 36.7 Å². The van der Waals surface area contributed by atoms with Crippen LogP contribution in [0.3, 0.4) is 0 Å². The number of aliphatic hydroxyl groups is 1. The molecule has 0 saturated heterocycles. The zero-order valence-corrected chi connectivity index (χ0v) is 15.2. The van der Waals surface area contributed by atoms with Crippen LogP contribution in [-0.4, -0.2) is 54.1 Å². The molecule has 1 aliphatic rings. The highest BCUT2D eigenvalue weighted by molar-refractivity contribution is 9.10. The van der Waals surface area contributed by atoms with Gasteiger partial charge in [0.1, 0.15) is 0 Å². The number of hydrogen-bond acceptors (Lipinski definition) is 4. The number of aliphatic hydroxyl groups excluding tert-OH is 1. The average Bonchev–Trinajstić information content (AvgIpc) is 3.39. The molecule has 0 spiro atoms. The van der Waals surface area contributed by atoms with Gasteiger partial charge in [0.05, 0.1) is 18.8 Å². The predicted octanol–water partition coefficient (Wildman–Crippen LogP) is 1.74. The van der Waals surface area contributed by atoms with Crippen LogP contribution >= 0.6 is 15.9 Å². The molecule has 24 heavy (non-hydrogen) atoms. The van der Waals surface area contributed by atoms with E-state index in [-0.39, 0.29) is 25.0 Å². The van der Waals surface area contributed by atoms with E-state index in [4.69, 9.17) is 5.11 Å². The first-order chi connectivity index (χ1) is 11.6. The van der Waals surface area contributed by atoms with E-state index in [1.165, 1.54) is 0 Å². The lowest BCUT2D eigenvalue weighted by Crippen LogP contribution is -2.41. The molecule has 7 heteroatoms. The van der Waals surface area contributed by atoms with Gasteiger partial charge in [-0.15, -0.1) is 0 Å². The van der Waals surface area contributed by atoms with Crippen molar-refractivity contribution in [2.24, 2.45) is 0 Å². The molecule has 1 fully saturated rings. The van der Waals surface area contributed by atoms with Crippen LogP contribution in [0.1, 0.15) is 25.7 Å². The quantitative estimate of drug-likeness (QED) is 0.525. The van der Waals surface area contributed by atoms with Crippen molar-refractivity contribution in [2.75, 3.05) is 31.6 Å². The molecule has 1 aliphatic carbocycles. The number of hydrogen-bond donors (Lipinski definition) is 3. The summed E-state index contributed by atoms with van der Waals surface area (Å²) < 4.78 is 0.800. The number of amides is 2. The summed E-state index contributed by atoms with van der Waals surface area (Å²) >= 11 is 3.36. The van der Waals surface area contributed by atoms with Gasteiger partial charge in [0.25, 0.3) is 0 Å². The zero-order valence-electron chi connectivity index (χ0n) is 13.6. The van der Waals surface area contributed by atoms with E-state index in [1.54, 1.807) is 6.07 Å². The molecule has 0 aliphatic heterocycles. The summed E-state index contributed by atoms with van der Waals surface area (Å²) in [6.45, 7) is 1.25. The van der Waals surface area contributed by atoms with E-state index in [1.807, 2.05) is 18.2 Å². The molecular formula is C17H24BrN3O3. The Morgan fingerprint density at radius 1 is 1.21 bits per heavy atom. The van der Waals surface area contributed by atoms with Crippen LogP contribution in [0.4, 0.5) is 5.69 Å². The second-order valence-electron chi connectivity index (χ2n) is 5.94. The topological polar surface area (TPSA) is 81.7 Å². The third-order valence-corrected chi connectivity index (χ3v) is 4.55. The summed E-state index contributed by atoms with van der Waals surface area (Å²) in [5.41, 5.74) is 0.681. The largest absolute Gasteiger partial charge is 0.396 e. The summed E-state index contributed by atoms with van der Waals surface area (Å²) in [6, 6.07) is 7.81. The first-order valence-electron chi connectivity index (χ1n) is 8.26. The standard InChI is InChI=1S/C17H24BrN3O3/c18-14-5-1-2-6-15(14)20-16(23)11-19-17(24)12-21(13-7-8-13)9-3-4-10-22/h1-2,5-6,13,22H,3-4,7-12H2,(H,19,24)(H,20,23). The predicted molar refractivity (Wildman–Crippen MR) is 96.7 cm³/mol. The van der Waals surface area contributed by atoms with Gasteiger partial charge in [0, 0.05) is 17.1 Å². The Bertz CT molecular complexity index is 564. The molecule has 1 saturated carbocycles. The van der Waals surface area contributed by atoms with Crippen LogP contribution in [0.15, 0.2) is 28.7 Å². The minimum absolute atomic E-state index is 0.0463. The number of nitrogens with one attached hydrogen (secondary N) is 2. The van der Waals surface area contributed by atoms with Crippen molar-refractivity contribution in [3.05, 3.63) is 28.7 Å². The van der Waals surface area contributed by atoms with Gasteiger partial charge in [0.2, 0.25) is 11.8 Å². The third kappa shape index (κ3) is 6.59. The minimum Gasteiger partial charge on any atom is -0.396 e. The number of carbonyl (C=O) groups excluding carboxylic acids is 2. The van der Waals surface area contributed by atoms with Crippen LogP contribution in [0.2, 0.25) is 0 Å². The fourth-order valence-corrected chi connectivity index (χ4v) is 2.82. The van der Waals surface area contributed by atoms with Crippen LogP contribution in [0.25, 0.3) is 0 Å². The molecule has 0 radical (unpaired) electrons. The van der Waals surface area contributed by atoms with E-state index in [0.29, 0.717) is 18.3 Å². The van der Waals surface area contributed by atoms with Crippen molar-refractivity contribution in [1.29, 1.82) is 0 Å². The Morgan fingerprint density at radius 2 is 1.96 bits per heavy atom. The number of anilines is 1. The maximum absolute atomic E-state index is 12.1. The molecule has 0 aromatic heterocycles. The Morgan fingerprint density at radius 3 is 2.62 bits per heavy atom. The SMILES string of the molecule is O=C(CN(CCCCO)C1CC1)NCC(=O)Nc1ccccc1Br. The highest BCUT2D eigenvalue weighted by Gasteiger charge is 2.29. The van der Waals surface area contributed by atoms with Gasteiger partial charge in [-0.3, -0.25) is 14.5 Å². The van der Waals surface area contributed by atoms with Crippen molar-refractivity contribution in [2.45, 2.75) is 31.7 Å². The Kier molecular flexibility index (Phi) is 7.68. The number of carbonyl (C=O) groups is 2. The molecule has 0 bridgehead atoms. The van der Waals surface area contributed by atoms with Crippen LogP contribution in [-0.2, 0) is 9.59 Å². The number of benzene rings is 1. The Balaban J connectivity index is 1.71. The van der Waals surface area contributed by atoms with E-state index >= 15 is 0 Å². The minimum atomic E-state index is -0.256. The zero-order chi connectivity index (χ0) is 17.4. The normalized spacial score (nSPS) is 13.8. The number of rotatable bonds is 10. The van der Waals surface area contributed by atoms with Gasteiger partial charge in [-0.05, 0) is 60.3 Å². The summed E-state index contributed by atoms with van der Waals surface area (Å²) in [5, 5.41) is 14.3. The van der Waals surface area contributed by atoms with Gasteiger partial charge in [-0.2, -0.15) is 0 Å². The van der Waals surface area contributed by atoms with E-state index < -0.39 is 0 Å². The molecule has 0 atom stereocenters. The third-order valence-electron chi connectivity index (χ3n) is 3.86. The van der Waals surface area contributed by atoms with Gasteiger partial charge < -0.3 is 15.7 Å². The molecule has 3 N–H and O–H groups in total. The van der Waals surface area contributed by atoms with Crippen molar-refractivity contribution in [3.8, 4) is 0 Å². The average molecular weight is 398 g/mol. The summed E-state index contributed by atoms with van der Waals surface area (Å²) in [7, 11) is 0. The van der Waals surface area contributed by atoms with Crippen molar-refractivity contribution >= 4 is 33.4 Å². The molecular weight excluding hydrogens is 374 g/mol. The van der Waals surface area contributed by atoms with Crippen LogP contribution in [0.5, 0.6) is 0 Å². The lowest BCUT2D eigenvalue weighted by atomic mass is 10.3. The highest BCUT2D eigenvalue weighted by atomic mass is 79.9. The number of nitrogens with zero attached hydrogens (tertiary/aromatic N) is 1. The maximum Gasteiger partial charge on any atom is 0.243 e. The second kappa shape index (κ2) is 9.76. The molecule has 2 amide bonds. The number of para-hydroxylation sites is 1. The van der Waals surface area contributed by atoms with Crippen molar-refractivity contribution < 1.29 is 14.7 Å². The summed E-state index contributed by atoms with van der Waals surface area (Å²) in [6.07, 6.45) is 3.87. The Hall–Kier alpha value is -1.44. The highest BCUT2D eigenvalue weighted by Crippen LogP contribution is 2.26. The van der Waals surface area contributed by atoms with Crippen molar-refractivity contribution in [1.82, 2.24) is 10.2 Å². The monoisotopic (exact) mass is 397 g/mol. The molecule has 0 unspecified atom stereocenters. The second-order valence-corrected chi connectivity index (χ2v) is 6.79. The summed E-state index contributed by atoms with van der Waals surface area (Å²) in [4.78, 5) is 26.1. The first-order valence-corrected chi connectivity index (χ1v) is 9.05. The lowest BCUT2D eigenvalue weighted by molar-refractivity contribution is -0.125. The van der Waals surface area contributed by atoms with Crippen molar-refractivity contribution in [3.63, 3.8) is 0 Å². The number of unbranched alkanes of at least 4 members (excludes halogenated alkanes) is 1. The van der Waals surface area contributed by atoms with E-state index in [2.05, 4.69) is 31.5 Å². The molecule has 6 nitrogen and oxygen atoms in total. The molecule has 2 rings (SSSR count). The smallest absolute Gasteiger partial charge is 0.243 e. The maximum atomic E-state index is 12.1. The van der Waals surface area contributed by atoms with Gasteiger partial charge in [-0.25, -0.2) is 0 Å². The van der Waals surface area contributed by atoms with Crippen LogP contribution in [0, 0.1) is 0 Å². The lowest BCUT2D eigenvalue weighted by Gasteiger charge is -2.21. The first kappa shape index (κ1) is 18.9. The molecule has 132 valence electrons. The summed E-state index contributed by atoms with van der Waals surface area (Å²) in [5.74, 6) is -0.401. The molecule has 1 aromatic carbocycles. The Labute approximate surface area is 150 Å². The van der Waals surface area contributed by atoms with Crippen LogP contribution < -0.4 is 10.6 Å².